The number of carbonyl (C=O) groups excluding carboxylic acids is 1. The number of Topliss-reactive ketones (excluding diaryl/α,β-unsaturated/α-hetero) is 1. The lowest BCUT2D eigenvalue weighted by Gasteiger charge is -1.98. The first-order valence-corrected chi connectivity index (χ1v) is 5.82. The van der Waals surface area contributed by atoms with Crippen LogP contribution in [0.5, 0.6) is 0 Å². The summed E-state index contributed by atoms with van der Waals surface area (Å²) >= 11 is 0. The van der Waals surface area contributed by atoms with Crippen LogP contribution in [0.25, 0.3) is 5.69 Å². The third kappa shape index (κ3) is 2.91. The fraction of sp³-hybridized carbons (Fsp3) is 0.214. The topological polar surface area (TPSA) is 47.8 Å². The molecule has 0 aliphatic rings. The van der Waals surface area contributed by atoms with Gasteiger partial charge in [-0.15, -0.1) is 11.7 Å². The Morgan fingerprint density at radius 1 is 1.28 bits per heavy atom. The molecule has 0 fully saturated rings. The van der Waals surface area contributed by atoms with E-state index in [0.717, 1.165) is 11.3 Å². The van der Waals surface area contributed by atoms with Gasteiger partial charge < -0.3 is 0 Å². The normalized spacial score (nSPS) is 10.3. The standard InChI is InChI=1S/C14H15N3O/c1-11(2)8-9-14(18)13-10-15-17(16-13)12-6-4-3-5-7-12/h3-7,10H,1,8-9H2,2H3. The van der Waals surface area contributed by atoms with Gasteiger partial charge in [-0.3, -0.25) is 4.79 Å². The van der Waals surface area contributed by atoms with Crippen molar-refractivity contribution >= 4 is 5.78 Å². The van der Waals surface area contributed by atoms with E-state index < -0.39 is 0 Å². The summed E-state index contributed by atoms with van der Waals surface area (Å²) in [4.78, 5) is 13.3. The average Bonchev–Trinajstić information content (AvgIpc) is 2.86. The van der Waals surface area contributed by atoms with Crippen molar-refractivity contribution in [2.45, 2.75) is 19.8 Å². The van der Waals surface area contributed by atoms with Gasteiger partial charge in [0.05, 0.1) is 11.9 Å². The molecule has 2 rings (SSSR count). The molecule has 1 aromatic heterocycles. The molecule has 18 heavy (non-hydrogen) atoms. The third-order valence-corrected chi connectivity index (χ3v) is 2.54. The van der Waals surface area contributed by atoms with Gasteiger partial charge in [-0.25, -0.2) is 0 Å². The van der Waals surface area contributed by atoms with Crippen molar-refractivity contribution in [2.24, 2.45) is 0 Å². The number of para-hydroxylation sites is 1. The monoisotopic (exact) mass is 241 g/mol. The van der Waals surface area contributed by atoms with Crippen molar-refractivity contribution in [3.63, 3.8) is 0 Å². The van der Waals surface area contributed by atoms with E-state index in [1.807, 2.05) is 37.3 Å². The van der Waals surface area contributed by atoms with Gasteiger partial charge in [-0.2, -0.15) is 9.90 Å². The van der Waals surface area contributed by atoms with Gasteiger partial charge >= 0.3 is 0 Å². The number of nitrogens with zero attached hydrogens (tertiary/aromatic N) is 3. The van der Waals surface area contributed by atoms with Gasteiger partial charge in [0.25, 0.3) is 0 Å². The largest absolute Gasteiger partial charge is 0.292 e. The van der Waals surface area contributed by atoms with Crippen LogP contribution in [-0.2, 0) is 0 Å². The summed E-state index contributed by atoms with van der Waals surface area (Å²) in [5, 5.41) is 8.28. The summed E-state index contributed by atoms with van der Waals surface area (Å²) in [6, 6.07) is 9.51. The SMILES string of the molecule is C=C(C)CCC(=O)c1cnn(-c2ccccc2)n1. The number of allylic oxidation sites excluding steroid dienone is 1. The Labute approximate surface area is 106 Å². The predicted molar refractivity (Wildman–Crippen MR) is 69.7 cm³/mol. The number of hydrogen-bond acceptors (Lipinski definition) is 3. The molecule has 4 heteroatoms. The molecular weight excluding hydrogens is 226 g/mol. The molecule has 2 aromatic rings. The minimum absolute atomic E-state index is 0.000168. The van der Waals surface area contributed by atoms with Crippen LogP contribution in [0.15, 0.2) is 48.7 Å². The van der Waals surface area contributed by atoms with E-state index in [9.17, 15) is 4.79 Å². The molecule has 92 valence electrons. The predicted octanol–water partition coefficient (Wildman–Crippen LogP) is 2.81. The first-order chi connectivity index (χ1) is 8.66. The Bertz CT molecular complexity index is 557. The molecule has 1 aromatic carbocycles. The second-order valence-electron chi connectivity index (χ2n) is 4.24. The summed E-state index contributed by atoms with van der Waals surface area (Å²) in [7, 11) is 0. The molecule has 0 aliphatic heterocycles. The molecule has 0 amide bonds. The Balaban J connectivity index is 2.11. The smallest absolute Gasteiger partial charge is 0.185 e. The van der Waals surface area contributed by atoms with E-state index in [0.29, 0.717) is 18.5 Å². The van der Waals surface area contributed by atoms with Gasteiger partial charge in [-0.05, 0) is 25.5 Å². The van der Waals surface area contributed by atoms with Gasteiger partial charge in [0.2, 0.25) is 0 Å². The van der Waals surface area contributed by atoms with Crippen molar-refractivity contribution in [1.29, 1.82) is 0 Å². The molecule has 1 heterocycles. The number of benzene rings is 1. The third-order valence-electron chi connectivity index (χ3n) is 2.54. The van der Waals surface area contributed by atoms with E-state index >= 15 is 0 Å². The molecule has 0 atom stereocenters. The van der Waals surface area contributed by atoms with Crippen molar-refractivity contribution in [1.82, 2.24) is 15.0 Å². The van der Waals surface area contributed by atoms with E-state index in [4.69, 9.17) is 0 Å². The maximum Gasteiger partial charge on any atom is 0.185 e. The highest BCUT2D eigenvalue weighted by Crippen LogP contribution is 2.08. The zero-order chi connectivity index (χ0) is 13.0. The first kappa shape index (κ1) is 12.2. The Kier molecular flexibility index (Phi) is 3.67. The van der Waals surface area contributed by atoms with Crippen LogP contribution in [0.4, 0.5) is 0 Å². The van der Waals surface area contributed by atoms with Gasteiger partial charge in [0, 0.05) is 6.42 Å². The average molecular weight is 241 g/mol. The minimum Gasteiger partial charge on any atom is -0.292 e. The highest BCUT2D eigenvalue weighted by Gasteiger charge is 2.11. The van der Waals surface area contributed by atoms with E-state index in [1.165, 1.54) is 11.0 Å². The quantitative estimate of drug-likeness (QED) is 0.597. The molecule has 0 saturated carbocycles. The zero-order valence-electron chi connectivity index (χ0n) is 10.3. The Hall–Kier alpha value is -2.23. The number of rotatable bonds is 5. The van der Waals surface area contributed by atoms with Crippen molar-refractivity contribution in [3.8, 4) is 5.69 Å². The van der Waals surface area contributed by atoms with Crippen LogP contribution in [0, 0.1) is 0 Å². The van der Waals surface area contributed by atoms with Crippen LogP contribution in [0.2, 0.25) is 0 Å². The summed E-state index contributed by atoms with van der Waals surface area (Å²) in [5.74, 6) is 0.000168. The molecule has 0 spiro atoms. The zero-order valence-corrected chi connectivity index (χ0v) is 10.3. The molecule has 0 N–H and O–H groups in total. The minimum atomic E-state index is 0.000168. The van der Waals surface area contributed by atoms with E-state index in [-0.39, 0.29) is 5.78 Å². The van der Waals surface area contributed by atoms with Gasteiger partial charge in [-0.1, -0.05) is 23.8 Å². The molecule has 4 nitrogen and oxygen atoms in total. The molecule has 0 unspecified atom stereocenters. The van der Waals surface area contributed by atoms with Crippen LogP contribution in [0.1, 0.15) is 30.3 Å². The second-order valence-corrected chi connectivity index (χ2v) is 4.24. The molecule has 0 radical (unpaired) electrons. The molecule has 0 bridgehead atoms. The molecule has 0 aliphatic carbocycles. The summed E-state index contributed by atoms with van der Waals surface area (Å²) in [5.41, 5.74) is 2.25. The van der Waals surface area contributed by atoms with Gasteiger partial charge in [0.1, 0.15) is 5.69 Å². The Morgan fingerprint density at radius 2 is 2.00 bits per heavy atom. The maximum absolute atomic E-state index is 11.8. The summed E-state index contributed by atoms with van der Waals surface area (Å²) < 4.78 is 0. The number of ketones is 1. The van der Waals surface area contributed by atoms with Crippen molar-refractivity contribution in [3.05, 3.63) is 54.4 Å². The van der Waals surface area contributed by atoms with Crippen LogP contribution in [0.3, 0.4) is 0 Å². The fourth-order valence-electron chi connectivity index (χ4n) is 1.53. The number of hydrogen-bond donors (Lipinski definition) is 0. The number of aromatic nitrogens is 3. The molecule has 0 saturated heterocycles. The summed E-state index contributed by atoms with van der Waals surface area (Å²) in [6.07, 6.45) is 2.63. The van der Waals surface area contributed by atoms with E-state index in [1.54, 1.807) is 0 Å². The lowest BCUT2D eigenvalue weighted by atomic mass is 10.1. The van der Waals surface area contributed by atoms with E-state index in [2.05, 4.69) is 16.8 Å². The maximum atomic E-state index is 11.8. The highest BCUT2D eigenvalue weighted by atomic mass is 16.1. The van der Waals surface area contributed by atoms with Crippen LogP contribution in [-0.4, -0.2) is 20.8 Å². The lowest BCUT2D eigenvalue weighted by Crippen LogP contribution is -2.03. The van der Waals surface area contributed by atoms with Crippen LogP contribution >= 0.6 is 0 Å². The first-order valence-electron chi connectivity index (χ1n) is 5.82. The second kappa shape index (κ2) is 5.40. The lowest BCUT2D eigenvalue weighted by molar-refractivity contribution is 0.0977. The van der Waals surface area contributed by atoms with Crippen molar-refractivity contribution < 1.29 is 4.79 Å². The van der Waals surface area contributed by atoms with Gasteiger partial charge in [0.15, 0.2) is 5.78 Å². The van der Waals surface area contributed by atoms with Crippen LogP contribution < -0.4 is 0 Å². The number of carbonyl (C=O) groups is 1. The highest BCUT2D eigenvalue weighted by molar-refractivity contribution is 5.93. The summed E-state index contributed by atoms with van der Waals surface area (Å²) in [6.45, 7) is 5.69. The Morgan fingerprint density at radius 3 is 2.67 bits per heavy atom. The van der Waals surface area contributed by atoms with Crippen molar-refractivity contribution in [2.75, 3.05) is 0 Å². The molecular formula is C14H15N3O. The fourth-order valence-corrected chi connectivity index (χ4v) is 1.53.